The second-order valence-corrected chi connectivity index (χ2v) is 7.83. The van der Waals surface area contributed by atoms with Crippen LogP contribution in [0, 0.1) is 0 Å². The molecule has 28 heavy (non-hydrogen) atoms. The van der Waals surface area contributed by atoms with Gasteiger partial charge in [0.2, 0.25) is 0 Å². The highest BCUT2D eigenvalue weighted by molar-refractivity contribution is 5.91. The van der Waals surface area contributed by atoms with Crippen molar-refractivity contribution in [1.82, 2.24) is 9.80 Å². The Hall–Kier alpha value is -2.30. The lowest BCUT2D eigenvalue weighted by Crippen LogP contribution is -2.11. The smallest absolute Gasteiger partial charge is 0.120 e. The van der Waals surface area contributed by atoms with Crippen molar-refractivity contribution in [3.05, 3.63) is 58.7 Å². The van der Waals surface area contributed by atoms with E-state index in [9.17, 15) is 10.2 Å². The molecule has 2 N–H and O–H groups in total. The Balaban J connectivity index is 2.57. The van der Waals surface area contributed by atoms with Crippen LogP contribution in [0.4, 0.5) is 0 Å². The molecule has 152 valence electrons. The van der Waals surface area contributed by atoms with Crippen LogP contribution < -0.4 is 0 Å². The van der Waals surface area contributed by atoms with Crippen LogP contribution >= 0.6 is 0 Å². The summed E-state index contributed by atoms with van der Waals surface area (Å²) in [4.78, 5) is 4.12. The molecule has 2 aromatic carbocycles. The molecule has 0 aromatic heterocycles. The Bertz CT molecular complexity index is 769. The number of allylic oxidation sites excluding steroid dienone is 2. The Morgan fingerprint density at radius 1 is 0.679 bits per heavy atom. The molecule has 0 fully saturated rings. The van der Waals surface area contributed by atoms with Gasteiger partial charge in [0, 0.05) is 24.2 Å². The number of phenolic OH excluding ortho intramolecular Hbond substituents is 2. The second kappa shape index (κ2) is 9.76. The van der Waals surface area contributed by atoms with E-state index in [0.29, 0.717) is 24.6 Å². The maximum atomic E-state index is 10.2. The fourth-order valence-corrected chi connectivity index (χ4v) is 3.66. The summed E-state index contributed by atoms with van der Waals surface area (Å²) in [6.45, 7) is 5.74. The SMILES string of the molecule is CCC(=C(CC)c1ccc(O)c(CN(C)C)c1)c1ccc(O)c(CN(C)C)c1. The molecule has 0 saturated heterocycles. The van der Waals surface area contributed by atoms with E-state index in [2.05, 4.69) is 35.8 Å². The first-order valence-electron chi connectivity index (χ1n) is 9.92. The quantitative estimate of drug-likeness (QED) is 0.634. The molecule has 0 saturated carbocycles. The molecular weight excluding hydrogens is 348 g/mol. The van der Waals surface area contributed by atoms with Crippen molar-refractivity contribution >= 4 is 11.1 Å². The van der Waals surface area contributed by atoms with E-state index in [-0.39, 0.29) is 0 Å². The maximum Gasteiger partial charge on any atom is 0.120 e. The summed E-state index contributed by atoms with van der Waals surface area (Å²) < 4.78 is 0. The van der Waals surface area contributed by atoms with Crippen molar-refractivity contribution in [2.45, 2.75) is 39.8 Å². The van der Waals surface area contributed by atoms with Crippen LogP contribution in [-0.4, -0.2) is 48.2 Å². The van der Waals surface area contributed by atoms with Gasteiger partial charge in [-0.3, -0.25) is 0 Å². The summed E-state index contributed by atoms with van der Waals surface area (Å²) in [6, 6.07) is 11.8. The van der Waals surface area contributed by atoms with Gasteiger partial charge in [-0.05, 0) is 87.6 Å². The average Bonchev–Trinajstić information content (AvgIpc) is 2.63. The van der Waals surface area contributed by atoms with Gasteiger partial charge in [0.15, 0.2) is 0 Å². The van der Waals surface area contributed by atoms with Gasteiger partial charge in [-0.15, -0.1) is 0 Å². The van der Waals surface area contributed by atoms with Crippen molar-refractivity contribution in [2.75, 3.05) is 28.2 Å². The summed E-state index contributed by atoms with van der Waals surface area (Å²) in [5.74, 6) is 0.674. The molecule has 0 aliphatic carbocycles. The van der Waals surface area contributed by atoms with Crippen molar-refractivity contribution in [1.29, 1.82) is 0 Å². The number of nitrogens with zero attached hydrogens (tertiary/aromatic N) is 2. The van der Waals surface area contributed by atoms with Crippen LogP contribution in [0.1, 0.15) is 48.9 Å². The number of aromatic hydroxyl groups is 2. The van der Waals surface area contributed by atoms with E-state index in [0.717, 1.165) is 35.1 Å². The first-order chi connectivity index (χ1) is 13.3. The fourth-order valence-electron chi connectivity index (χ4n) is 3.66. The molecule has 0 aliphatic rings. The predicted molar refractivity (Wildman–Crippen MR) is 118 cm³/mol. The van der Waals surface area contributed by atoms with Crippen molar-refractivity contribution in [2.24, 2.45) is 0 Å². The van der Waals surface area contributed by atoms with E-state index in [1.54, 1.807) is 12.1 Å². The molecule has 0 spiro atoms. The van der Waals surface area contributed by atoms with Gasteiger partial charge in [0.1, 0.15) is 11.5 Å². The highest BCUT2D eigenvalue weighted by Crippen LogP contribution is 2.35. The van der Waals surface area contributed by atoms with E-state index in [1.807, 2.05) is 40.3 Å². The Morgan fingerprint density at radius 3 is 1.32 bits per heavy atom. The molecule has 0 unspecified atom stereocenters. The molecule has 0 atom stereocenters. The number of benzene rings is 2. The lowest BCUT2D eigenvalue weighted by Gasteiger charge is -2.18. The van der Waals surface area contributed by atoms with E-state index >= 15 is 0 Å². The van der Waals surface area contributed by atoms with Crippen LogP contribution in [-0.2, 0) is 13.1 Å². The van der Waals surface area contributed by atoms with Crippen molar-refractivity contribution in [3.8, 4) is 11.5 Å². The van der Waals surface area contributed by atoms with Crippen LogP contribution in [0.5, 0.6) is 11.5 Å². The molecule has 0 bridgehead atoms. The van der Waals surface area contributed by atoms with Gasteiger partial charge in [0.05, 0.1) is 0 Å². The second-order valence-electron chi connectivity index (χ2n) is 7.83. The van der Waals surface area contributed by atoms with Crippen LogP contribution in [0.25, 0.3) is 11.1 Å². The highest BCUT2D eigenvalue weighted by atomic mass is 16.3. The van der Waals surface area contributed by atoms with Gasteiger partial charge >= 0.3 is 0 Å². The summed E-state index contributed by atoms with van der Waals surface area (Å²) >= 11 is 0. The van der Waals surface area contributed by atoms with E-state index in [4.69, 9.17) is 0 Å². The molecule has 2 rings (SSSR count). The van der Waals surface area contributed by atoms with Gasteiger partial charge < -0.3 is 20.0 Å². The van der Waals surface area contributed by atoms with Crippen molar-refractivity contribution < 1.29 is 10.2 Å². The average molecular weight is 383 g/mol. The van der Waals surface area contributed by atoms with Crippen LogP contribution in [0.2, 0.25) is 0 Å². The molecular formula is C24H34N2O2. The Kier molecular flexibility index (Phi) is 7.67. The predicted octanol–water partition coefficient (Wildman–Crippen LogP) is 4.95. The zero-order chi connectivity index (χ0) is 20.8. The van der Waals surface area contributed by atoms with Crippen LogP contribution in [0.15, 0.2) is 36.4 Å². The first kappa shape index (κ1) is 22.0. The summed E-state index contributed by atoms with van der Waals surface area (Å²) in [6.07, 6.45) is 1.80. The Labute approximate surface area is 169 Å². The van der Waals surface area contributed by atoms with Gasteiger partial charge in [0.25, 0.3) is 0 Å². The minimum atomic E-state index is 0.337. The molecule has 4 nitrogen and oxygen atoms in total. The third-order valence-corrected chi connectivity index (χ3v) is 4.90. The third-order valence-electron chi connectivity index (χ3n) is 4.90. The third kappa shape index (κ3) is 5.37. The summed E-state index contributed by atoms with van der Waals surface area (Å²) in [5.41, 5.74) is 6.73. The number of rotatable bonds is 8. The summed E-state index contributed by atoms with van der Waals surface area (Å²) in [7, 11) is 8.01. The molecule has 0 radical (unpaired) electrons. The first-order valence-corrected chi connectivity index (χ1v) is 9.92. The highest BCUT2D eigenvalue weighted by Gasteiger charge is 2.13. The lowest BCUT2D eigenvalue weighted by atomic mass is 9.89. The zero-order valence-corrected chi connectivity index (χ0v) is 18.1. The Morgan fingerprint density at radius 2 is 1.04 bits per heavy atom. The maximum absolute atomic E-state index is 10.2. The molecule has 0 aliphatic heterocycles. The zero-order valence-electron chi connectivity index (χ0n) is 18.1. The van der Waals surface area contributed by atoms with E-state index in [1.165, 1.54) is 11.1 Å². The van der Waals surface area contributed by atoms with Crippen LogP contribution in [0.3, 0.4) is 0 Å². The topological polar surface area (TPSA) is 46.9 Å². The molecule has 4 heteroatoms. The number of hydrogen-bond acceptors (Lipinski definition) is 4. The van der Waals surface area contributed by atoms with Gasteiger partial charge in [-0.1, -0.05) is 26.0 Å². The number of phenols is 2. The minimum Gasteiger partial charge on any atom is -0.508 e. The molecule has 0 amide bonds. The monoisotopic (exact) mass is 382 g/mol. The van der Waals surface area contributed by atoms with E-state index < -0.39 is 0 Å². The summed E-state index contributed by atoms with van der Waals surface area (Å²) in [5, 5.41) is 20.5. The van der Waals surface area contributed by atoms with Gasteiger partial charge in [-0.25, -0.2) is 0 Å². The number of hydrogen-bond donors (Lipinski definition) is 2. The largest absolute Gasteiger partial charge is 0.508 e. The molecule has 0 heterocycles. The molecule has 2 aromatic rings. The fraction of sp³-hybridized carbons (Fsp3) is 0.417. The lowest BCUT2D eigenvalue weighted by molar-refractivity contribution is 0.386. The van der Waals surface area contributed by atoms with Gasteiger partial charge in [-0.2, -0.15) is 0 Å². The minimum absolute atomic E-state index is 0.337. The normalized spacial score (nSPS) is 12.6. The standard InChI is InChI=1S/C24H34N2O2/c1-7-21(17-9-11-23(27)19(13-17)15-25(3)4)22(8-2)18-10-12-24(28)20(14-18)16-26(5)6/h9-14,27-28H,7-8,15-16H2,1-6H3. The van der Waals surface area contributed by atoms with Crippen molar-refractivity contribution in [3.63, 3.8) is 0 Å².